The van der Waals surface area contributed by atoms with Crippen molar-refractivity contribution in [1.82, 2.24) is 0 Å². The third-order valence-electron chi connectivity index (χ3n) is 3.62. The van der Waals surface area contributed by atoms with Crippen molar-refractivity contribution in [2.24, 2.45) is 5.41 Å². The summed E-state index contributed by atoms with van der Waals surface area (Å²) in [4.78, 5) is 0. The van der Waals surface area contributed by atoms with Gasteiger partial charge in [0.2, 0.25) is 0 Å². The molecule has 1 heterocycles. The average Bonchev–Trinajstić information content (AvgIpc) is 2.35. The first kappa shape index (κ1) is 14.5. The zero-order valence-corrected chi connectivity index (χ0v) is 12.2. The molecule has 0 spiro atoms. The van der Waals surface area contributed by atoms with Gasteiger partial charge in [0.25, 0.3) is 0 Å². The summed E-state index contributed by atoms with van der Waals surface area (Å²) < 4.78 is 34.1. The average molecular weight is 336 g/mol. The van der Waals surface area contributed by atoms with E-state index in [4.69, 9.17) is 4.74 Å². The molecule has 1 aliphatic carbocycles. The van der Waals surface area contributed by atoms with Gasteiger partial charge in [-0.1, -0.05) is 6.92 Å². The van der Waals surface area contributed by atoms with E-state index in [1.54, 1.807) is 6.92 Å². The fraction of sp³-hybridized carbons (Fsp3) is 0.615. The molecule has 0 saturated heterocycles. The lowest BCUT2D eigenvalue weighted by Gasteiger charge is -2.38. The number of alkyl halides is 2. The molecular formula is C13H16BrF2NO2. The van der Waals surface area contributed by atoms with Gasteiger partial charge in [-0.25, -0.2) is 8.78 Å². The van der Waals surface area contributed by atoms with Gasteiger partial charge in [0, 0.05) is 11.5 Å². The number of hydrogen-bond acceptors (Lipinski definition) is 2. The summed E-state index contributed by atoms with van der Waals surface area (Å²) >= 11 is 3.20. The van der Waals surface area contributed by atoms with Gasteiger partial charge in [0.05, 0.1) is 6.61 Å². The standard InChI is InChI=1S/C13H16BrF2NO2/c1-13(5-2-3-10(15)12(13)16)8-19-11-4-6-17(18)7-9(11)14/h4,6-7,10,12H,2-3,5,8H2,1H3. The largest absolute Gasteiger partial charge is 0.619 e. The molecule has 1 aromatic rings. The molecule has 0 amide bonds. The van der Waals surface area contributed by atoms with E-state index >= 15 is 0 Å². The summed E-state index contributed by atoms with van der Waals surface area (Å²) in [6.07, 6.45) is 1.23. The van der Waals surface area contributed by atoms with Crippen LogP contribution < -0.4 is 9.47 Å². The first-order chi connectivity index (χ1) is 8.92. The Morgan fingerprint density at radius 3 is 3.00 bits per heavy atom. The van der Waals surface area contributed by atoms with Crippen molar-refractivity contribution in [3.63, 3.8) is 0 Å². The summed E-state index contributed by atoms with van der Waals surface area (Å²) in [6.45, 7) is 1.80. The summed E-state index contributed by atoms with van der Waals surface area (Å²) in [6, 6.07) is 1.50. The maximum absolute atomic E-state index is 14.0. The summed E-state index contributed by atoms with van der Waals surface area (Å²) in [5.74, 6) is 0.460. The second kappa shape index (κ2) is 5.61. The molecule has 1 fully saturated rings. The van der Waals surface area contributed by atoms with Crippen LogP contribution in [0.5, 0.6) is 5.75 Å². The highest BCUT2D eigenvalue weighted by atomic mass is 79.9. The molecule has 0 aromatic carbocycles. The van der Waals surface area contributed by atoms with E-state index in [2.05, 4.69) is 15.9 Å². The van der Waals surface area contributed by atoms with Crippen LogP contribution in [0.15, 0.2) is 22.9 Å². The summed E-state index contributed by atoms with van der Waals surface area (Å²) in [5.41, 5.74) is -0.819. The predicted octanol–water partition coefficient (Wildman–Crippen LogP) is 3.33. The van der Waals surface area contributed by atoms with Crippen LogP contribution in [0.4, 0.5) is 8.78 Å². The minimum Gasteiger partial charge on any atom is -0.619 e. The van der Waals surface area contributed by atoms with Crippen LogP contribution in [-0.2, 0) is 0 Å². The number of aromatic nitrogens is 1. The van der Waals surface area contributed by atoms with Crippen molar-refractivity contribution in [2.75, 3.05) is 6.61 Å². The van der Waals surface area contributed by atoms with Gasteiger partial charge in [-0.15, -0.1) is 0 Å². The predicted molar refractivity (Wildman–Crippen MR) is 70.3 cm³/mol. The molecule has 106 valence electrons. The lowest BCUT2D eigenvalue weighted by atomic mass is 9.74. The maximum atomic E-state index is 14.0. The molecule has 3 nitrogen and oxygen atoms in total. The van der Waals surface area contributed by atoms with E-state index in [-0.39, 0.29) is 13.0 Å². The number of pyridine rings is 1. The fourth-order valence-corrected chi connectivity index (χ4v) is 2.82. The molecule has 1 saturated carbocycles. The topological polar surface area (TPSA) is 36.2 Å². The van der Waals surface area contributed by atoms with Crippen molar-refractivity contribution in [2.45, 2.75) is 38.5 Å². The van der Waals surface area contributed by atoms with Crippen molar-refractivity contribution in [3.05, 3.63) is 28.1 Å². The Kier molecular flexibility index (Phi) is 4.28. The van der Waals surface area contributed by atoms with Crippen LogP contribution in [0.25, 0.3) is 0 Å². The summed E-state index contributed by atoms with van der Waals surface area (Å²) in [5, 5.41) is 11.0. The van der Waals surface area contributed by atoms with Gasteiger partial charge in [0.1, 0.15) is 22.6 Å². The van der Waals surface area contributed by atoms with E-state index < -0.39 is 17.8 Å². The number of ether oxygens (including phenoxy) is 1. The van der Waals surface area contributed by atoms with Gasteiger partial charge in [0.15, 0.2) is 12.4 Å². The Hall–Kier alpha value is -0.910. The molecule has 2 rings (SSSR count). The van der Waals surface area contributed by atoms with Crippen LogP contribution >= 0.6 is 15.9 Å². The Balaban J connectivity index is 2.04. The number of halogens is 3. The molecule has 0 aliphatic heterocycles. The lowest BCUT2D eigenvalue weighted by molar-refractivity contribution is -0.606. The summed E-state index contributed by atoms with van der Waals surface area (Å²) in [7, 11) is 0. The number of nitrogens with zero attached hydrogens (tertiary/aromatic N) is 1. The van der Waals surface area contributed by atoms with Gasteiger partial charge in [-0.3, -0.25) is 0 Å². The van der Waals surface area contributed by atoms with Crippen molar-refractivity contribution >= 4 is 15.9 Å². The van der Waals surface area contributed by atoms with Crippen LogP contribution in [0.2, 0.25) is 0 Å². The third kappa shape index (κ3) is 3.16. The first-order valence-electron chi connectivity index (χ1n) is 6.22. The van der Waals surface area contributed by atoms with E-state index in [9.17, 15) is 14.0 Å². The van der Waals surface area contributed by atoms with E-state index in [0.717, 1.165) is 0 Å². The molecule has 1 aliphatic rings. The molecule has 0 radical (unpaired) electrons. The number of rotatable bonds is 3. The van der Waals surface area contributed by atoms with E-state index in [1.165, 1.54) is 18.5 Å². The Morgan fingerprint density at radius 2 is 2.32 bits per heavy atom. The fourth-order valence-electron chi connectivity index (χ4n) is 2.37. The van der Waals surface area contributed by atoms with E-state index in [0.29, 0.717) is 27.8 Å². The second-order valence-corrected chi connectivity index (χ2v) is 6.12. The minimum atomic E-state index is -1.51. The molecule has 6 heteroatoms. The molecule has 0 bridgehead atoms. The SMILES string of the molecule is CC1(COc2cc[n+]([O-])cc2Br)CCCC(F)C1F. The smallest absolute Gasteiger partial charge is 0.198 e. The van der Waals surface area contributed by atoms with Crippen LogP contribution in [0.3, 0.4) is 0 Å². The van der Waals surface area contributed by atoms with Gasteiger partial charge < -0.3 is 9.94 Å². The molecule has 0 N–H and O–H groups in total. The molecule has 19 heavy (non-hydrogen) atoms. The van der Waals surface area contributed by atoms with Gasteiger partial charge >= 0.3 is 0 Å². The highest BCUT2D eigenvalue weighted by Gasteiger charge is 2.44. The van der Waals surface area contributed by atoms with Crippen LogP contribution in [0, 0.1) is 10.6 Å². The van der Waals surface area contributed by atoms with Crippen molar-refractivity contribution in [1.29, 1.82) is 0 Å². The van der Waals surface area contributed by atoms with Crippen LogP contribution in [0.1, 0.15) is 26.2 Å². The number of hydrogen-bond donors (Lipinski definition) is 0. The quantitative estimate of drug-likeness (QED) is 0.627. The van der Waals surface area contributed by atoms with Crippen molar-refractivity contribution < 1.29 is 18.2 Å². The zero-order chi connectivity index (χ0) is 14.0. The maximum Gasteiger partial charge on any atom is 0.198 e. The molecule has 1 aromatic heterocycles. The van der Waals surface area contributed by atoms with E-state index in [1.807, 2.05) is 0 Å². The zero-order valence-electron chi connectivity index (χ0n) is 10.6. The third-order valence-corrected chi connectivity index (χ3v) is 4.21. The molecular weight excluding hydrogens is 320 g/mol. The highest BCUT2D eigenvalue weighted by Crippen LogP contribution is 2.40. The highest BCUT2D eigenvalue weighted by molar-refractivity contribution is 9.10. The van der Waals surface area contributed by atoms with Gasteiger partial charge in [-0.05, 0) is 35.2 Å². The second-order valence-electron chi connectivity index (χ2n) is 5.27. The Morgan fingerprint density at radius 1 is 1.58 bits per heavy atom. The van der Waals surface area contributed by atoms with Crippen molar-refractivity contribution in [3.8, 4) is 5.75 Å². The first-order valence-corrected chi connectivity index (χ1v) is 7.01. The normalized spacial score (nSPS) is 31.2. The van der Waals surface area contributed by atoms with Crippen LogP contribution in [-0.4, -0.2) is 19.0 Å². The monoisotopic (exact) mass is 335 g/mol. The molecule has 3 unspecified atom stereocenters. The minimum absolute atomic E-state index is 0.0933. The Bertz CT molecular complexity index is 460. The lowest BCUT2D eigenvalue weighted by Crippen LogP contribution is -2.44. The Labute approximate surface area is 119 Å². The van der Waals surface area contributed by atoms with Gasteiger partial charge in [-0.2, -0.15) is 4.73 Å². The molecule has 3 atom stereocenters.